The maximum atomic E-state index is 12.3. The summed E-state index contributed by atoms with van der Waals surface area (Å²) in [5.74, 6) is 2.76. The molecule has 0 saturated heterocycles. The summed E-state index contributed by atoms with van der Waals surface area (Å²) in [6.07, 6.45) is 10.8. The van der Waals surface area contributed by atoms with Crippen molar-refractivity contribution < 1.29 is 14.3 Å². The van der Waals surface area contributed by atoms with Gasteiger partial charge in [0, 0.05) is 6.04 Å². The van der Waals surface area contributed by atoms with E-state index in [0.717, 1.165) is 25.7 Å². The minimum absolute atomic E-state index is 0.0210. The number of hydrogen-bond acceptors (Lipinski definition) is 4. The second kappa shape index (κ2) is 9.75. The molecule has 0 unspecified atom stereocenters. The van der Waals surface area contributed by atoms with Gasteiger partial charge < -0.3 is 14.8 Å². The summed E-state index contributed by atoms with van der Waals surface area (Å²) >= 11 is 6.26. The van der Waals surface area contributed by atoms with Crippen LogP contribution in [0.5, 0.6) is 11.5 Å². The molecular formula is C20H21ClN2O3. The molecule has 1 saturated carbocycles. The summed E-state index contributed by atoms with van der Waals surface area (Å²) in [7, 11) is 0. The fraction of sp³-hybridized carbons (Fsp3) is 0.400. The molecule has 0 bridgehead atoms. The lowest BCUT2D eigenvalue weighted by Crippen LogP contribution is -2.33. The van der Waals surface area contributed by atoms with E-state index in [9.17, 15) is 10.1 Å². The SMILES string of the molecule is C#CCOc1c(Cl)cc(/C=C(\C#N)C(=O)NC2CCCC2)cc1OCC. The van der Waals surface area contributed by atoms with Crippen LogP contribution in [0.4, 0.5) is 0 Å². The van der Waals surface area contributed by atoms with Crippen molar-refractivity contribution in [1.82, 2.24) is 5.32 Å². The third-order valence-electron chi connectivity index (χ3n) is 4.00. The van der Waals surface area contributed by atoms with Crippen molar-refractivity contribution in [3.05, 3.63) is 28.3 Å². The number of rotatable bonds is 7. The van der Waals surface area contributed by atoms with E-state index in [-0.39, 0.29) is 24.1 Å². The molecule has 0 spiro atoms. The van der Waals surface area contributed by atoms with Crippen LogP contribution in [-0.2, 0) is 4.79 Å². The number of amides is 1. The quantitative estimate of drug-likeness (QED) is 0.450. The van der Waals surface area contributed by atoms with E-state index in [0.29, 0.717) is 28.7 Å². The van der Waals surface area contributed by atoms with Crippen molar-refractivity contribution in [2.75, 3.05) is 13.2 Å². The van der Waals surface area contributed by atoms with Crippen molar-refractivity contribution in [2.24, 2.45) is 0 Å². The van der Waals surface area contributed by atoms with Gasteiger partial charge in [-0.3, -0.25) is 4.79 Å². The van der Waals surface area contributed by atoms with E-state index in [1.807, 2.05) is 13.0 Å². The largest absolute Gasteiger partial charge is 0.490 e. The number of halogens is 1. The Morgan fingerprint density at radius 2 is 2.15 bits per heavy atom. The van der Waals surface area contributed by atoms with Gasteiger partial charge in [-0.2, -0.15) is 5.26 Å². The van der Waals surface area contributed by atoms with Crippen LogP contribution in [0, 0.1) is 23.7 Å². The van der Waals surface area contributed by atoms with Crippen LogP contribution < -0.4 is 14.8 Å². The van der Waals surface area contributed by atoms with E-state index in [1.165, 1.54) is 6.08 Å². The number of terminal acetylenes is 1. The van der Waals surface area contributed by atoms with E-state index in [4.69, 9.17) is 27.5 Å². The highest BCUT2D eigenvalue weighted by molar-refractivity contribution is 6.32. The lowest BCUT2D eigenvalue weighted by molar-refractivity contribution is -0.117. The summed E-state index contributed by atoms with van der Waals surface area (Å²) in [6, 6.07) is 5.37. The first-order chi connectivity index (χ1) is 12.6. The number of nitrogens with one attached hydrogen (secondary N) is 1. The molecule has 1 fully saturated rings. The fourth-order valence-corrected chi connectivity index (χ4v) is 3.11. The Kier molecular flexibility index (Phi) is 7.38. The molecule has 136 valence electrons. The zero-order chi connectivity index (χ0) is 18.9. The van der Waals surface area contributed by atoms with Crippen LogP contribution in [0.1, 0.15) is 38.2 Å². The zero-order valence-electron chi connectivity index (χ0n) is 14.7. The highest BCUT2D eigenvalue weighted by Gasteiger charge is 2.20. The maximum absolute atomic E-state index is 12.3. The van der Waals surface area contributed by atoms with Crippen molar-refractivity contribution in [2.45, 2.75) is 38.6 Å². The molecule has 1 aliphatic rings. The normalized spacial score (nSPS) is 14.4. The molecule has 0 aliphatic heterocycles. The van der Waals surface area contributed by atoms with Gasteiger partial charge in [-0.1, -0.05) is 30.4 Å². The summed E-state index contributed by atoms with van der Waals surface area (Å²) < 4.78 is 11.0. The van der Waals surface area contributed by atoms with Crippen LogP contribution in [0.15, 0.2) is 17.7 Å². The van der Waals surface area contributed by atoms with E-state index in [2.05, 4.69) is 11.2 Å². The molecule has 1 aromatic rings. The molecule has 26 heavy (non-hydrogen) atoms. The summed E-state index contributed by atoms with van der Waals surface area (Å²) in [4.78, 5) is 12.3. The Morgan fingerprint density at radius 3 is 2.77 bits per heavy atom. The van der Waals surface area contributed by atoms with Gasteiger partial charge in [0.05, 0.1) is 11.6 Å². The Morgan fingerprint density at radius 1 is 1.42 bits per heavy atom. The molecular weight excluding hydrogens is 352 g/mol. The minimum atomic E-state index is -0.374. The highest BCUT2D eigenvalue weighted by atomic mass is 35.5. The smallest absolute Gasteiger partial charge is 0.262 e. The number of benzene rings is 1. The Hall–Kier alpha value is -2.63. The number of hydrogen-bond donors (Lipinski definition) is 1. The molecule has 1 aromatic carbocycles. The second-order valence-electron chi connectivity index (χ2n) is 5.88. The van der Waals surface area contributed by atoms with Gasteiger partial charge in [-0.15, -0.1) is 6.42 Å². The molecule has 6 heteroatoms. The van der Waals surface area contributed by atoms with Crippen LogP contribution in [0.3, 0.4) is 0 Å². The Labute approximate surface area is 158 Å². The third-order valence-corrected chi connectivity index (χ3v) is 4.28. The zero-order valence-corrected chi connectivity index (χ0v) is 15.4. The number of nitriles is 1. The summed E-state index contributed by atoms with van der Waals surface area (Å²) in [6.45, 7) is 2.29. The van der Waals surface area contributed by atoms with Gasteiger partial charge in [0.25, 0.3) is 5.91 Å². The highest BCUT2D eigenvalue weighted by Crippen LogP contribution is 2.37. The van der Waals surface area contributed by atoms with Crippen LogP contribution in [0.2, 0.25) is 5.02 Å². The standard InChI is InChI=1S/C20H21ClN2O3/c1-3-9-26-19-17(21)11-14(12-18(19)25-4-2)10-15(13-22)20(24)23-16-7-5-6-8-16/h1,10-12,16H,4-9H2,2H3,(H,23,24)/b15-10+. The van der Waals surface area contributed by atoms with Gasteiger partial charge in [-0.25, -0.2) is 0 Å². The topological polar surface area (TPSA) is 71.3 Å². The summed E-state index contributed by atoms with van der Waals surface area (Å²) in [5.41, 5.74) is 0.595. The van der Waals surface area contributed by atoms with Crippen molar-refractivity contribution in [3.63, 3.8) is 0 Å². The number of carbonyl (C=O) groups excluding carboxylic acids is 1. The second-order valence-corrected chi connectivity index (χ2v) is 6.29. The van der Waals surface area contributed by atoms with Crippen LogP contribution in [-0.4, -0.2) is 25.2 Å². The molecule has 5 nitrogen and oxygen atoms in total. The summed E-state index contributed by atoms with van der Waals surface area (Å²) in [5, 5.41) is 12.6. The first-order valence-corrected chi connectivity index (χ1v) is 8.92. The predicted octanol–water partition coefficient (Wildman–Crippen LogP) is 3.72. The number of carbonyl (C=O) groups is 1. The molecule has 1 amide bonds. The number of ether oxygens (including phenoxy) is 2. The fourth-order valence-electron chi connectivity index (χ4n) is 2.84. The van der Waals surface area contributed by atoms with E-state index in [1.54, 1.807) is 12.1 Å². The van der Waals surface area contributed by atoms with Gasteiger partial charge >= 0.3 is 0 Å². The van der Waals surface area contributed by atoms with Crippen molar-refractivity contribution in [1.29, 1.82) is 5.26 Å². The molecule has 0 atom stereocenters. The van der Waals surface area contributed by atoms with E-state index >= 15 is 0 Å². The van der Waals surface area contributed by atoms with Crippen LogP contribution in [0.25, 0.3) is 6.08 Å². The molecule has 1 N–H and O–H groups in total. The monoisotopic (exact) mass is 372 g/mol. The molecule has 2 rings (SSSR count). The molecule has 0 radical (unpaired) electrons. The maximum Gasteiger partial charge on any atom is 0.262 e. The third kappa shape index (κ3) is 5.18. The molecule has 0 heterocycles. The van der Waals surface area contributed by atoms with Gasteiger partial charge in [0.2, 0.25) is 0 Å². The van der Waals surface area contributed by atoms with Crippen molar-refractivity contribution in [3.8, 4) is 29.9 Å². The lowest BCUT2D eigenvalue weighted by Gasteiger charge is -2.14. The Balaban J connectivity index is 2.27. The lowest BCUT2D eigenvalue weighted by atomic mass is 10.1. The van der Waals surface area contributed by atoms with Gasteiger partial charge in [0.1, 0.15) is 18.2 Å². The van der Waals surface area contributed by atoms with E-state index < -0.39 is 0 Å². The first kappa shape index (κ1) is 19.7. The average molecular weight is 373 g/mol. The van der Waals surface area contributed by atoms with Gasteiger partial charge in [0.15, 0.2) is 11.5 Å². The average Bonchev–Trinajstić information content (AvgIpc) is 3.12. The Bertz CT molecular complexity index is 768. The van der Waals surface area contributed by atoms with Crippen molar-refractivity contribution >= 4 is 23.6 Å². The first-order valence-electron chi connectivity index (χ1n) is 8.54. The van der Waals surface area contributed by atoms with Crippen LogP contribution >= 0.6 is 11.6 Å². The van der Waals surface area contributed by atoms with Gasteiger partial charge in [-0.05, 0) is 43.5 Å². The number of nitrogens with zero attached hydrogens (tertiary/aromatic N) is 1. The molecule has 0 aromatic heterocycles. The molecule has 1 aliphatic carbocycles. The minimum Gasteiger partial charge on any atom is -0.490 e. The predicted molar refractivity (Wildman–Crippen MR) is 101 cm³/mol.